The van der Waals surface area contributed by atoms with E-state index in [2.05, 4.69) is 20.6 Å². The lowest BCUT2D eigenvalue weighted by molar-refractivity contribution is -0.137. The van der Waals surface area contributed by atoms with E-state index in [1.165, 1.54) is 18.2 Å². The normalized spacial score (nSPS) is 11.3. The molecule has 5 N–H and O–H groups in total. The van der Waals surface area contributed by atoms with Gasteiger partial charge in [-0.15, -0.1) is 0 Å². The first-order valence-corrected chi connectivity index (χ1v) is 10.7. The summed E-state index contributed by atoms with van der Waals surface area (Å²) in [6, 6.07) is 8.16. The van der Waals surface area contributed by atoms with Crippen LogP contribution in [0.25, 0.3) is 11.3 Å². The summed E-state index contributed by atoms with van der Waals surface area (Å²) in [6.07, 6.45) is -5.10. The van der Waals surface area contributed by atoms with Crippen LogP contribution < -0.4 is 21.9 Å². The number of aromatic nitrogens is 2. The molecule has 0 unspecified atom stereocenters. The number of aromatic amines is 1. The predicted octanol–water partition coefficient (Wildman–Crippen LogP) is 3.73. The van der Waals surface area contributed by atoms with Crippen molar-refractivity contribution >= 4 is 17.4 Å². The number of nitriles is 1. The van der Waals surface area contributed by atoms with Crippen LogP contribution in [-0.4, -0.2) is 21.9 Å². The van der Waals surface area contributed by atoms with Crippen molar-refractivity contribution in [3.05, 3.63) is 75.0 Å². The Morgan fingerprint density at radius 1 is 1.22 bits per heavy atom. The second-order valence-corrected chi connectivity index (χ2v) is 8.26. The number of benzene rings is 2. The molecular weight excluding hydrogens is 480 g/mol. The standard InChI is InChI=1S/C24H22F4N6O2/c1-12(2)32-22-23(36)34-21(15-6-16(24(26,27)28)8-17(30)7-15)19(33-22)9-20(35)31-11-13-3-4-14(10-29)18(25)5-13/h3-8,12H,9,11,30H2,1-2H3,(H,31,35)(H,32,33)(H,34,36). The third-order valence-corrected chi connectivity index (χ3v) is 4.96. The summed E-state index contributed by atoms with van der Waals surface area (Å²) in [5, 5.41) is 14.2. The van der Waals surface area contributed by atoms with Gasteiger partial charge in [-0.25, -0.2) is 9.37 Å². The first-order chi connectivity index (χ1) is 16.9. The van der Waals surface area contributed by atoms with Crippen LogP contribution in [0.3, 0.4) is 0 Å². The summed E-state index contributed by atoms with van der Waals surface area (Å²) in [4.78, 5) is 31.9. The van der Waals surface area contributed by atoms with Gasteiger partial charge in [0, 0.05) is 23.8 Å². The third-order valence-electron chi connectivity index (χ3n) is 4.96. The Balaban J connectivity index is 1.96. The zero-order chi connectivity index (χ0) is 26.6. The highest BCUT2D eigenvalue weighted by atomic mass is 19.4. The molecule has 8 nitrogen and oxygen atoms in total. The molecule has 0 atom stereocenters. The molecule has 36 heavy (non-hydrogen) atoms. The second-order valence-electron chi connectivity index (χ2n) is 8.26. The lowest BCUT2D eigenvalue weighted by atomic mass is 10.0. The number of carbonyl (C=O) groups excluding carboxylic acids is 1. The van der Waals surface area contributed by atoms with E-state index in [9.17, 15) is 27.2 Å². The van der Waals surface area contributed by atoms with Crippen molar-refractivity contribution in [3.63, 3.8) is 0 Å². The van der Waals surface area contributed by atoms with Crippen LogP contribution in [0.1, 0.15) is 36.2 Å². The fraction of sp³-hybridized carbons (Fsp3) is 0.250. The van der Waals surface area contributed by atoms with E-state index >= 15 is 0 Å². The quantitative estimate of drug-likeness (QED) is 0.287. The van der Waals surface area contributed by atoms with E-state index in [4.69, 9.17) is 11.0 Å². The van der Waals surface area contributed by atoms with Gasteiger partial charge in [-0.3, -0.25) is 9.59 Å². The van der Waals surface area contributed by atoms with Crippen LogP contribution in [0.5, 0.6) is 0 Å². The minimum Gasteiger partial charge on any atom is -0.399 e. The van der Waals surface area contributed by atoms with Crippen molar-refractivity contribution in [2.45, 2.75) is 39.0 Å². The van der Waals surface area contributed by atoms with E-state index in [-0.39, 0.29) is 46.6 Å². The number of amides is 1. The SMILES string of the molecule is CC(C)Nc1nc(CC(=O)NCc2ccc(C#N)c(F)c2)c(-c2cc(N)cc(C(F)(F)F)c2)[nH]c1=O. The van der Waals surface area contributed by atoms with Crippen molar-refractivity contribution in [3.8, 4) is 17.3 Å². The molecule has 1 heterocycles. The Hall–Kier alpha value is -4.40. The van der Waals surface area contributed by atoms with Crippen LogP contribution in [-0.2, 0) is 23.9 Å². The van der Waals surface area contributed by atoms with Crippen LogP contribution in [0.15, 0.2) is 41.2 Å². The summed E-state index contributed by atoms with van der Waals surface area (Å²) in [5.41, 5.74) is 3.85. The Bertz CT molecular complexity index is 1390. The van der Waals surface area contributed by atoms with Gasteiger partial charge in [0.15, 0.2) is 5.82 Å². The molecule has 1 aromatic heterocycles. The minimum atomic E-state index is -4.69. The minimum absolute atomic E-state index is 0.0000153. The summed E-state index contributed by atoms with van der Waals surface area (Å²) in [6.45, 7) is 3.44. The number of hydrogen-bond acceptors (Lipinski definition) is 6. The van der Waals surface area contributed by atoms with Crippen molar-refractivity contribution < 1.29 is 22.4 Å². The Labute approximate surface area is 203 Å². The van der Waals surface area contributed by atoms with E-state index < -0.39 is 35.4 Å². The van der Waals surface area contributed by atoms with Gasteiger partial charge in [-0.1, -0.05) is 6.07 Å². The monoisotopic (exact) mass is 502 g/mol. The van der Waals surface area contributed by atoms with Crippen molar-refractivity contribution in [1.29, 1.82) is 5.26 Å². The van der Waals surface area contributed by atoms with Crippen LogP contribution in [0.2, 0.25) is 0 Å². The number of rotatable bonds is 7. The molecule has 0 saturated heterocycles. The summed E-state index contributed by atoms with van der Waals surface area (Å²) < 4.78 is 53.8. The molecule has 0 aliphatic carbocycles. The van der Waals surface area contributed by atoms with Crippen molar-refractivity contribution in [2.75, 3.05) is 11.1 Å². The molecule has 0 aliphatic rings. The molecule has 0 bridgehead atoms. The molecule has 3 aromatic rings. The van der Waals surface area contributed by atoms with Gasteiger partial charge in [0.1, 0.15) is 11.9 Å². The van der Waals surface area contributed by atoms with Crippen LogP contribution in [0, 0.1) is 17.1 Å². The molecule has 3 rings (SSSR count). The fourth-order valence-corrected chi connectivity index (χ4v) is 3.36. The number of nitrogen functional groups attached to an aromatic ring is 1. The Morgan fingerprint density at radius 3 is 2.56 bits per heavy atom. The molecular formula is C24H22F4N6O2. The van der Waals surface area contributed by atoms with Crippen molar-refractivity contribution in [1.82, 2.24) is 15.3 Å². The number of alkyl halides is 3. The highest BCUT2D eigenvalue weighted by molar-refractivity contribution is 5.81. The number of anilines is 2. The van der Waals surface area contributed by atoms with E-state index in [1.54, 1.807) is 19.9 Å². The van der Waals surface area contributed by atoms with Gasteiger partial charge in [-0.2, -0.15) is 18.4 Å². The molecule has 12 heteroatoms. The number of nitrogens with zero attached hydrogens (tertiary/aromatic N) is 2. The van der Waals surface area contributed by atoms with Gasteiger partial charge < -0.3 is 21.4 Å². The third kappa shape index (κ3) is 6.38. The summed E-state index contributed by atoms with van der Waals surface area (Å²) in [5.74, 6) is -1.43. The number of nitrogens with two attached hydrogens (primary N) is 1. The maximum absolute atomic E-state index is 13.8. The van der Waals surface area contributed by atoms with Gasteiger partial charge in [0.25, 0.3) is 5.56 Å². The molecule has 0 fully saturated rings. The molecule has 1 amide bonds. The fourth-order valence-electron chi connectivity index (χ4n) is 3.36. The van der Waals surface area contributed by atoms with Gasteiger partial charge in [0.05, 0.1) is 28.9 Å². The number of nitrogens with one attached hydrogen (secondary N) is 3. The zero-order valence-corrected chi connectivity index (χ0v) is 19.3. The summed E-state index contributed by atoms with van der Waals surface area (Å²) in [7, 11) is 0. The highest BCUT2D eigenvalue weighted by Gasteiger charge is 2.31. The summed E-state index contributed by atoms with van der Waals surface area (Å²) >= 11 is 0. The first-order valence-electron chi connectivity index (χ1n) is 10.7. The number of hydrogen-bond donors (Lipinski definition) is 4. The lowest BCUT2D eigenvalue weighted by Crippen LogP contribution is -2.28. The largest absolute Gasteiger partial charge is 0.416 e. The molecule has 0 saturated carbocycles. The van der Waals surface area contributed by atoms with Crippen LogP contribution in [0.4, 0.5) is 29.1 Å². The van der Waals surface area contributed by atoms with E-state index in [1.807, 2.05) is 0 Å². The molecule has 188 valence electrons. The molecule has 0 aliphatic heterocycles. The van der Waals surface area contributed by atoms with Gasteiger partial charge in [-0.05, 0) is 49.7 Å². The number of H-pyrrole nitrogens is 1. The lowest BCUT2D eigenvalue weighted by Gasteiger charge is -2.15. The Kier molecular flexibility index (Phi) is 7.62. The maximum atomic E-state index is 13.8. The van der Waals surface area contributed by atoms with Crippen molar-refractivity contribution in [2.24, 2.45) is 0 Å². The van der Waals surface area contributed by atoms with E-state index in [0.717, 1.165) is 18.2 Å². The van der Waals surface area contributed by atoms with Crippen LogP contribution >= 0.6 is 0 Å². The second kappa shape index (κ2) is 10.5. The number of halogens is 4. The van der Waals surface area contributed by atoms with E-state index in [0.29, 0.717) is 5.56 Å². The highest BCUT2D eigenvalue weighted by Crippen LogP contribution is 2.34. The van der Waals surface area contributed by atoms with Gasteiger partial charge in [0.2, 0.25) is 5.91 Å². The predicted molar refractivity (Wildman–Crippen MR) is 125 cm³/mol. The zero-order valence-electron chi connectivity index (χ0n) is 19.3. The molecule has 0 spiro atoms. The Morgan fingerprint density at radius 2 is 1.94 bits per heavy atom. The molecule has 2 aromatic carbocycles. The molecule has 0 radical (unpaired) electrons. The van der Waals surface area contributed by atoms with Gasteiger partial charge >= 0.3 is 6.18 Å². The first kappa shape index (κ1) is 26.2. The average Bonchev–Trinajstić information content (AvgIpc) is 2.78. The average molecular weight is 502 g/mol. The number of carbonyl (C=O) groups is 1. The topological polar surface area (TPSA) is 137 Å². The maximum Gasteiger partial charge on any atom is 0.416 e. The smallest absolute Gasteiger partial charge is 0.399 e.